The second-order valence-corrected chi connectivity index (χ2v) is 8.73. The fourth-order valence-electron chi connectivity index (χ4n) is 4.00. The van der Waals surface area contributed by atoms with Crippen LogP contribution in [0.3, 0.4) is 0 Å². The third kappa shape index (κ3) is 8.70. The van der Waals surface area contributed by atoms with Crippen molar-refractivity contribution in [1.29, 1.82) is 0 Å². The number of hydrogen-bond donors (Lipinski definition) is 2. The first-order valence-electron chi connectivity index (χ1n) is 12.3. The number of thiocarbonyl (C=S) groups is 1. The summed E-state index contributed by atoms with van der Waals surface area (Å²) in [6.45, 7) is 16.9. The molecule has 33 heavy (non-hydrogen) atoms. The van der Waals surface area contributed by atoms with Crippen molar-refractivity contribution in [3.8, 4) is 0 Å². The second kappa shape index (κ2) is 14.3. The number of halogens is 1. The average molecular weight is 480 g/mol. The number of rotatable bonds is 6. The maximum atomic E-state index is 13.2. The van der Waals surface area contributed by atoms with Crippen molar-refractivity contribution in [2.24, 2.45) is 5.92 Å². The van der Waals surface area contributed by atoms with E-state index >= 15 is 0 Å². The number of ether oxygens (including phenoxy) is 1. The Morgan fingerprint density at radius 2 is 1.76 bits per heavy atom. The zero-order chi connectivity index (χ0) is 25.0. The van der Waals surface area contributed by atoms with Crippen LogP contribution >= 0.6 is 12.2 Å². The zero-order valence-electron chi connectivity index (χ0n) is 21.3. The highest BCUT2D eigenvalue weighted by Gasteiger charge is 2.37. The predicted molar refractivity (Wildman–Crippen MR) is 139 cm³/mol. The van der Waals surface area contributed by atoms with Gasteiger partial charge in [0.05, 0.1) is 5.54 Å². The molecule has 0 aromatic heterocycles. The summed E-state index contributed by atoms with van der Waals surface area (Å²) in [5.41, 5.74) is 0.791. The summed E-state index contributed by atoms with van der Waals surface area (Å²) in [5.74, 6) is 0.155. The van der Waals surface area contributed by atoms with Crippen LogP contribution in [0.25, 0.3) is 0 Å². The molecule has 3 saturated heterocycles. The number of amides is 1. The summed E-state index contributed by atoms with van der Waals surface area (Å²) in [6, 6.07) is 6.02. The number of alkyl carbamates (subject to hydrolysis) is 1. The largest absolute Gasteiger partial charge is 0.445 e. The number of fused-ring (bicyclic) bond motifs is 3. The van der Waals surface area contributed by atoms with Gasteiger partial charge in [0, 0.05) is 17.8 Å². The van der Waals surface area contributed by atoms with Gasteiger partial charge in [0.1, 0.15) is 16.9 Å². The highest BCUT2D eigenvalue weighted by atomic mass is 32.1. The Morgan fingerprint density at radius 1 is 1.18 bits per heavy atom. The second-order valence-electron chi connectivity index (χ2n) is 8.32. The van der Waals surface area contributed by atoms with Crippen molar-refractivity contribution < 1.29 is 13.9 Å². The Hall–Kier alpha value is -1.99. The number of benzene rings is 1. The van der Waals surface area contributed by atoms with E-state index in [1.54, 1.807) is 12.1 Å². The normalized spacial score (nSPS) is 21.6. The van der Waals surface area contributed by atoms with Crippen LogP contribution in [0, 0.1) is 11.7 Å². The zero-order valence-corrected chi connectivity index (χ0v) is 22.2. The molecule has 3 fully saturated rings. The predicted octanol–water partition coefficient (Wildman–Crippen LogP) is 6.04. The van der Waals surface area contributed by atoms with Gasteiger partial charge < -0.3 is 15.4 Å². The molecule has 1 atom stereocenters. The molecule has 3 heterocycles. The summed E-state index contributed by atoms with van der Waals surface area (Å²) in [7, 11) is 0. The molecule has 0 radical (unpaired) electrons. The van der Waals surface area contributed by atoms with Crippen LogP contribution in [0.15, 0.2) is 36.0 Å². The Balaban J connectivity index is 0.00000129. The quantitative estimate of drug-likeness (QED) is 0.488. The van der Waals surface area contributed by atoms with E-state index in [4.69, 9.17) is 17.0 Å². The van der Waals surface area contributed by atoms with E-state index in [0.29, 0.717) is 16.5 Å². The third-order valence-electron chi connectivity index (χ3n) is 5.71. The van der Waals surface area contributed by atoms with Crippen LogP contribution in [0.1, 0.15) is 73.3 Å². The lowest BCUT2D eigenvalue weighted by Crippen LogP contribution is -2.55. The summed E-state index contributed by atoms with van der Waals surface area (Å²) in [6.07, 6.45) is 4.50. The van der Waals surface area contributed by atoms with Crippen LogP contribution < -0.4 is 10.6 Å². The molecule has 5 nitrogen and oxygen atoms in total. The van der Waals surface area contributed by atoms with E-state index in [-0.39, 0.29) is 11.9 Å². The summed E-state index contributed by atoms with van der Waals surface area (Å²) >= 11 is 5.48. The maximum Gasteiger partial charge on any atom is 0.408 e. The van der Waals surface area contributed by atoms with Crippen LogP contribution in [0.5, 0.6) is 0 Å². The molecule has 0 aliphatic carbocycles. The fourth-order valence-corrected chi connectivity index (χ4v) is 4.24. The Bertz CT molecular complexity index is 772. The minimum Gasteiger partial charge on any atom is -0.445 e. The molecule has 0 saturated carbocycles. The van der Waals surface area contributed by atoms with Gasteiger partial charge in [0.2, 0.25) is 0 Å². The molecule has 0 spiro atoms. The smallest absolute Gasteiger partial charge is 0.408 e. The molecule has 7 heteroatoms. The molecule has 2 bridgehead atoms. The Morgan fingerprint density at radius 3 is 2.24 bits per heavy atom. The molecule has 2 N–H and O–H groups in total. The van der Waals surface area contributed by atoms with E-state index in [1.165, 1.54) is 12.1 Å². The molecular weight excluding hydrogens is 437 g/mol. The van der Waals surface area contributed by atoms with Crippen LogP contribution in [-0.2, 0) is 4.74 Å². The summed E-state index contributed by atoms with van der Waals surface area (Å²) < 4.78 is 18.9. The number of nitrogens with zero attached hydrogens (tertiary/aromatic N) is 1. The van der Waals surface area contributed by atoms with Crippen LogP contribution in [0.4, 0.5) is 9.18 Å². The van der Waals surface area contributed by atoms with Gasteiger partial charge in [-0.3, -0.25) is 4.90 Å². The van der Waals surface area contributed by atoms with Crippen molar-refractivity contribution in [1.82, 2.24) is 15.5 Å². The standard InChI is InChI=1S/C22H30FN3O2S.2C2H6/c1-4-5-19(24-20(29)16-6-8-17(23)9-7-16)22(2,3)25-21(27)28-18-14-26-12-10-15(18)11-13-26;2*1-2/h5-9,15,18H,4,10-14H2,1-3H3,(H,24,29)(H,25,27);2*1-2H3/b19-5-;;/t18-;;/m1../s1. The number of piperidine rings is 3. The minimum atomic E-state index is -0.703. The van der Waals surface area contributed by atoms with Gasteiger partial charge in [-0.05, 0) is 76.4 Å². The lowest BCUT2D eigenvalue weighted by Gasteiger charge is -2.44. The fraction of sp³-hybridized carbons (Fsp3) is 0.615. The third-order valence-corrected chi connectivity index (χ3v) is 6.04. The lowest BCUT2D eigenvalue weighted by molar-refractivity contribution is -0.0345. The van der Waals surface area contributed by atoms with Gasteiger partial charge in [-0.1, -0.05) is 52.9 Å². The number of carbonyl (C=O) groups is 1. The first kappa shape index (κ1) is 29.0. The summed E-state index contributed by atoms with van der Waals surface area (Å²) in [5, 5.41) is 6.21. The van der Waals surface area contributed by atoms with E-state index in [9.17, 15) is 9.18 Å². The first-order valence-corrected chi connectivity index (χ1v) is 12.7. The van der Waals surface area contributed by atoms with E-state index in [2.05, 4.69) is 15.5 Å². The van der Waals surface area contributed by atoms with Crippen LogP contribution in [0.2, 0.25) is 0 Å². The first-order chi connectivity index (χ1) is 15.8. The topological polar surface area (TPSA) is 53.6 Å². The van der Waals surface area contributed by atoms with Gasteiger partial charge in [0.15, 0.2) is 0 Å². The monoisotopic (exact) mass is 479 g/mol. The molecule has 1 amide bonds. The minimum absolute atomic E-state index is 0.0415. The molecule has 186 valence electrons. The average Bonchev–Trinajstić information content (AvgIpc) is 2.82. The SMILES string of the molecule is CC.CC.CC/C=C(\NC(=S)c1ccc(F)cc1)C(C)(C)NC(=O)O[C@@H]1CN2CCC1CC2. The van der Waals surface area contributed by atoms with Crippen molar-refractivity contribution in [2.45, 2.75) is 79.4 Å². The molecule has 0 unspecified atom stereocenters. The van der Waals surface area contributed by atoms with Gasteiger partial charge in [0.25, 0.3) is 0 Å². The lowest BCUT2D eigenvalue weighted by atomic mass is 9.86. The van der Waals surface area contributed by atoms with Crippen molar-refractivity contribution in [3.63, 3.8) is 0 Å². The van der Waals surface area contributed by atoms with Gasteiger partial charge in [-0.2, -0.15) is 0 Å². The van der Waals surface area contributed by atoms with Crippen LogP contribution in [-0.4, -0.2) is 47.3 Å². The highest BCUT2D eigenvalue weighted by molar-refractivity contribution is 7.80. The number of allylic oxidation sites excluding steroid dienone is 1. The highest BCUT2D eigenvalue weighted by Crippen LogP contribution is 2.29. The van der Waals surface area contributed by atoms with E-state index < -0.39 is 11.6 Å². The molecule has 1 aromatic rings. The van der Waals surface area contributed by atoms with Gasteiger partial charge in [-0.25, -0.2) is 9.18 Å². The van der Waals surface area contributed by atoms with E-state index in [1.807, 2.05) is 54.5 Å². The molecule has 3 aliphatic rings. The number of nitrogens with one attached hydrogen (secondary N) is 2. The van der Waals surface area contributed by atoms with Gasteiger partial charge >= 0.3 is 6.09 Å². The number of carbonyl (C=O) groups excluding carboxylic acids is 1. The molecule has 1 aromatic carbocycles. The number of hydrogen-bond acceptors (Lipinski definition) is 4. The van der Waals surface area contributed by atoms with E-state index in [0.717, 1.165) is 44.6 Å². The maximum absolute atomic E-state index is 13.2. The molecular formula is C26H42FN3O2S. The van der Waals surface area contributed by atoms with Crippen molar-refractivity contribution in [3.05, 3.63) is 47.4 Å². The molecule has 3 aliphatic heterocycles. The molecule has 4 rings (SSSR count). The van der Waals surface area contributed by atoms with Gasteiger partial charge in [-0.15, -0.1) is 0 Å². The van der Waals surface area contributed by atoms with Crippen molar-refractivity contribution in [2.75, 3.05) is 19.6 Å². The summed E-state index contributed by atoms with van der Waals surface area (Å²) in [4.78, 5) is 15.5. The van der Waals surface area contributed by atoms with Crippen molar-refractivity contribution >= 4 is 23.3 Å². The Kier molecular flexibility index (Phi) is 12.6. The Labute approximate surface area is 205 Å².